The number of sulfonamides is 1. The second-order valence-corrected chi connectivity index (χ2v) is 12.3. The first-order chi connectivity index (χ1) is 18.1. The van der Waals surface area contributed by atoms with E-state index < -0.39 is 28.5 Å². The molecule has 0 radical (unpaired) electrons. The summed E-state index contributed by atoms with van der Waals surface area (Å²) in [6.45, 7) is 3.77. The van der Waals surface area contributed by atoms with Gasteiger partial charge in [0.1, 0.15) is 12.6 Å². The second kappa shape index (κ2) is 14.0. The van der Waals surface area contributed by atoms with Gasteiger partial charge in [-0.25, -0.2) is 8.42 Å². The molecule has 1 atom stereocenters. The molecule has 0 bridgehead atoms. The van der Waals surface area contributed by atoms with E-state index in [0.29, 0.717) is 17.3 Å². The Balaban J connectivity index is 1.98. The normalized spacial score (nSPS) is 12.0. The van der Waals surface area contributed by atoms with Crippen LogP contribution in [0.15, 0.2) is 83.8 Å². The Kier molecular flexibility index (Phi) is 11.0. The predicted molar refractivity (Wildman–Crippen MR) is 160 cm³/mol. The molecule has 3 rings (SSSR count). The van der Waals surface area contributed by atoms with Gasteiger partial charge in [-0.2, -0.15) is 0 Å². The number of rotatable bonds is 12. The summed E-state index contributed by atoms with van der Waals surface area (Å²) in [7, 11) is -4.08. The maximum absolute atomic E-state index is 13.8. The third-order valence-corrected chi connectivity index (χ3v) is 8.71. The topological polar surface area (TPSA) is 86.8 Å². The first kappa shape index (κ1) is 29.9. The SMILES string of the molecule is CCCCNC(=O)[C@H](C)N(Cc1cccc(Cl)c1)C(=O)CN(c1ccc(I)cc1)S(=O)(=O)c1ccccc1. The monoisotopic (exact) mass is 667 g/mol. The molecule has 2 amide bonds. The summed E-state index contributed by atoms with van der Waals surface area (Å²) >= 11 is 8.30. The molecule has 202 valence electrons. The van der Waals surface area contributed by atoms with Gasteiger partial charge in [0.05, 0.1) is 10.6 Å². The quantitative estimate of drug-likeness (QED) is 0.205. The van der Waals surface area contributed by atoms with Gasteiger partial charge in [0.15, 0.2) is 0 Å². The second-order valence-electron chi connectivity index (χ2n) is 8.77. The van der Waals surface area contributed by atoms with Crippen LogP contribution in [-0.2, 0) is 26.2 Å². The lowest BCUT2D eigenvalue weighted by molar-refractivity contribution is -0.139. The van der Waals surface area contributed by atoms with Gasteiger partial charge in [0, 0.05) is 21.7 Å². The van der Waals surface area contributed by atoms with E-state index in [1.807, 2.05) is 13.0 Å². The van der Waals surface area contributed by atoms with Crippen molar-refractivity contribution >= 4 is 61.7 Å². The van der Waals surface area contributed by atoms with Crippen molar-refractivity contribution in [2.24, 2.45) is 0 Å². The minimum atomic E-state index is -4.08. The Morgan fingerprint density at radius 3 is 2.32 bits per heavy atom. The summed E-state index contributed by atoms with van der Waals surface area (Å²) in [5.74, 6) is -0.818. The fourth-order valence-electron chi connectivity index (χ4n) is 3.81. The fourth-order valence-corrected chi connectivity index (χ4v) is 5.81. The Morgan fingerprint density at radius 1 is 1.00 bits per heavy atom. The maximum Gasteiger partial charge on any atom is 0.264 e. The molecule has 0 saturated carbocycles. The number of benzene rings is 3. The molecule has 0 heterocycles. The number of carbonyl (C=O) groups is 2. The lowest BCUT2D eigenvalue weighted by atomic mass is 10.1. The lowest BCUT2D eigenvalue weighted by Gasteiger charge is -2.32. The highest BCUT2D eigenvalue weighted by Crippen LogP contribution is 2.25. The van der Waals surface area contributed by atoms with Gasteiger partial charge in [-0.15, -0.1) is 0 Å². The van der Waals surface area contributed by atoms with E-state index in [9.17, 15) is 18.0 Å². The van der Waals surface area contributed by atoms with Crippen molar-refractivity contribution in [3.63, 3.8) is 0 Å². The molecule has 0 saturated heterocycles. The molecule has 3 aromatic rings. The van der Waals surface area contributed by atoms with Crippen LogP contribution in [0.5, 0.6) is 0 Å². The van der Waals surface area contributed by atoms with Gasteiger partial charge in [-0.05, 0) is 90.0 Å². The maximum atomic E-state index is 13.8. The van der Waals surface area contributed by atoms with Crippen molar-refractivity contribution in [3.05, 3.63) is 93.0 Å². The van der Waals surface area contributed by atoms with E-state index in [0.717, 1.165) is 26.3 Å². The van der Waals surface area contributed by atoms with Crippen LogP contribution in [0.3, 0.4) is 0 Å². The Bertz CT molecular complexity index is 1340. The molecule has 3 aromatic carbocycles. The zero-order valence-electron chi connectivity index (χ0n) is 21.3. The van der Waals surface area contributed by atoms with Gasteiger partial charge in [0.25, 0.3) is 10.0 Å². The minimum absolute atomic E-state index is 0.0677. The zero-order valence-corrected chi connectivity index (χ0v) is 25.0. The van der Waals surface area contributed by atoms with Crippen molar-refractivity contribution in [1.82, 2.24) is 10.2 Å². The molecule has 0 aliphatic heterocycles. The third-order valence-electron chi connectivity index (χ3n) is 5.96. The number of unbranched alkanes of at least 4 members (excludes halogenated alkanes) is 1. The average Bonchev–Trinajstić information content (AvgIpc) is 2.91. The Morgan fingerprint density at radius 2 is 1.68 bits per heavy atom. The van der Waals surface area contributed by atoms with Crippen LogP contribution in [0.4, 0.5) is 5.69 Å². The van der Waals surface area contributed by atoms with E-state index in [1.54, 1.807) is 67.6 Å². The van der Waals surface area contributed by atoms with Crippen LogP contribution in [0.2, 0.25) is 5.02 Å². The van der Waals surface area contributed by atoms with Crippen molar-refractivity contribution in [2.45, 2.75) is 44.2 Å². The van der Waals surface area contributed by atoms with E-state index in [4.69, 9.17) is 11.6 Å². The van der Waals surface area contributed by atoms with Crippen LogP contribution in [0.25, 0.3) is 0 Å². The molecular weight excluding hydrogens is 637 g/mol. The smallest absolute Gasteiger partial charge is 0.264 e. The molecule has 10 heteroatoms. The Hall–Kier alpha value is -2.63. The van der Waals surface area contributed by atoms with Crippen LogP contribution in [0.1, 0.15) is 32.3 Å². The van der Waals surface area contributed by atoms with E-state index >= 15 is 0 Å². The van der Waals surface area contributed by atoms with Crippen LogP contribution in [-0.4, -0.2) is 44.3 Å². The molecule has 38 heavy (non-hydrogen) atoms. The Labute approximate surface area is 243 Å². The highest BCUT2D eigenvalue weighted by Gasteiger charge is 2.32. The molecule has 1 N–H and O–H groups in total. The van der Waals surface area contributed by atoms with Crippen molar-refractivity contribution in [1.29, 1.82) is 0 Å². The molecular formula is C28H31ClIN3O4S. The van der Waals surface area contributed by atoms with Crippen molar-refractivity contribution in [2.75, 3.05) is 17.4 Å². The van der Waals surface area contributed by atoms with Gasteiger partial charge in [-0.1, -0.05) is 55.3 Å². The molecule has 0 aliphatic carbocycles. The lowest BCUT2D eigenvalue weighted by Crippen LogP contribution is -2.51. The van der Waals surface area contributed by atoms with Gasteiger partial charge in [-0.3, -0.25) is 13.9 Å². The summed E-state index contributed by atoms with van der Waals surface area (Å²) < 4.78 is 29.4. The molecule has 0 aliphatic rings. The number of nitrogens with zero attached hydrogens (tertiary/aromatic N) is 2. The summed E-state index contributed by atoms with van der Waals surface area (Å²) in [4.78, 5) is 28.3. The third kappa shape index (κ3) is 7.94. The van der Waals surface area contributed by atoms with Gasteiger partial charge >= 0.3 is 0 Å². The molecule has 7 nitrogen and oxygen atoms in total. The van der Waals surface area contributed by atoms with E-state index in [2.05, 4.69) is 27.9 Å². The fraction of sp³-hybridized carbons (Fsp3) is 0.286. The van der Waals surface area contributed by atoms with Crippen LogP contribution in [0, 0.1) is 3.57 Å². The van der Waals surface area contributed by atoms with E-state index in [-0.39, 0.29) is 17.3 Å². The number of anilines is 1. The molecule has 0 unspecified atom stereocenters. The standard InChI is InChI=1S/C28H31ClIN3O4S/c1-3-4-17-31-28(35)21(2)32(19-22-9-8-10-23(29)18-22)27(34)20-33(25-15-13-24(30)14-16-25)38(36,37)26-11-6-5-7-12-26/h5-16,18,21H,3-4,17,19-20H2,1-2H3,(H,31,35)/t21-/m0/s1. The summed E-state index contributed by atoms with van der Waals surface area (Å²) in [6, 6.07) is 21.1. The molecule has 0 fully saturated rings. The van der Waals surface area contributed by atoms with E-state index in [1.165, 1.54) is 17.0 Å². The summed E-state index contributed by atoms with van der Waals surface area (Å²) in [5.41, 5.74) is 1.08. The van der Waals surface area contributed by atoms with Crippen LogP contribution < -0.4 is 9.62 Å². The predicted octanol–water partition coefficient (Wildman–Crippen LogP) is 5.47. The number of nitrogens with one attached hydrogen (secondary N) is 1. The molecule has 0 spiro atoms. The summed E-state index contributed by atoms with van der Waals surface area (Å²) in [5, 5.41) is 3.37. The molecule has 0 aromatic heterocycles. The number of carbonyl (C=O) groups excluding carboxylic acids is 2. The average molecular weight is 668 g/mol. The minimum Gasteiger partial charge on any atom is -0.354 e. The number of hydrogen-bond donors (Lipinski definition) is 1. The van der Waals surface area contributed by atoms with Gasteiger partial charge < -0.3 is 10.2 Å². The highest BCUT2D eigenvalue weighted by atomic mass is 127. The number of amides is 2. The van der Waals surface area contributed by atoms with Gasteiger partial charge in [0.2, 0.25) is 11.8 Å². The van der Waals surface area contributed by atoms with Crippen LogP contribution >= 0.6 is 34.2 Å². The highest BCUT2D eigenvalue weighted by molar-refractivity contribution is 14.1. The first-order valence-corrected chi connectivity index (χ1v) is 15.2. The van der Waals surface area contributed by atoms with Crippen molar-refractivity contribution < 1.29 is 18.0 Å². The first-order valence-electron chi connectivity index (χ1n) is 12.3. The van der Waals surface area contributed by atoms with Crippen molar-refractivity contribution in [3.8, 4) is 0 Å². The number of halogens is 2. The zero-order chi connectivity index (χ0) is 27.7. The number of hydrogen-bond acceptors (Lipinski definition) is 4. The largest absolute Gasteiger partial charge is 0.354 e. The summed E-state index contributed by atoms with van der Waals surface area (Å²) in [6.07, 6.45) is 1.73.